The zero-order chi connectivity index (χ0) is 12.6. The van der Waals surface area contributed by atoms with Crippen LogP contribution in [-0.2, 0) is 0 Å². The molecule has 0 fully saturated rings. The van der Waals surface area contributed by atoms with Crippen LogP contribution >= 0.6 is 0 Å². The molecule has 0 atom stereocenters. The third kappa shape index (κ3) is 1.61. The topological polar surface area (TPSA) is 86.3 Å². The molecule has 0 aliphatic heterocycles. The summed E-state index contributed by atoms with van der Waals surface area (Å²) in [7, 11) is 0. The fourth-order valence-corrected chi connectivity index (χ4v) is 0.814. The fourth-order valence-electron chi connectivity index (χ4n) is 0.814. The molecule has 0 aromatic heterocycles. The van der Waals surface area contributed by atoms with Crippen LogP contribution in [0.1, 0.15) is 9.68 Å². The van der Waals surface area contributed by atoms with Gasteiger partial charge in [0, 0.05) is 12.1 Å². The lowest BCUT2D eigenvalue weighted by molar-refractivity contribution is -0.395. The van der Waals surface area contributed by atoms with Gasteiger partial charge in [0.25, 0.3) is 11.4 Å². The van der Waals surface area contributed by atoms with E-state index in [0.717, 1.165) is 6.92 Å². The summed E-state index contributed by atoms with van der Waals surface area (Å²) in [6, 6.07) is -2.37. The van der Waals surface area contributed by atoms with Crippen molar-refractivity contribution in [3.63, 3.8) is 0 Å². The number of rotatable bonds is 2. The summed E-state index contributed by atoms with van der Waals surface area (Å²) < 4.78 is 21.8. The van der Waals surface area contributed by atoms with Gasteiger partial charge in [-0.25, -0.2) is 0 Å². The summed E-state index contributed by atoms with van der Waals surface area (Å²) in [6.45, 7) is 1.09. The standard InChI is InChI=1S/C7H6N2O4/c1-5-6(8(10)11)3-2-4-7(5)9(12)13/h2-4H,1H3/i2D,3D,4D. The predicted octanol–water partition coefficient (Wildman–Crippen LogP) is 1.81. The van der Waals surface area contributed by atoms with Crippen LogP contribution in [0, 0.1) is 27.2 Å². The van der Waals surface area contributed by atoms with E-state index in [-0.39, 0.29) is 5.56 Å². The molecule has 0 bridgehead atoms. The van der Waals surface area contributed by atoms with Gasteiger partial charge < -0.3 is 0 Å². The van der Waals surface area contributed by atoms with Crippen LogP contribution in [0.15, 0.2) is 18.1 Å². The van der Waals surface area contributed by atoms with Gasteiger partial charge in [-0.1, -0.05) is 0 Å². The minimum Gasteiger partial charge on any atom is -0.258 e. The Morgan fingerprint density at radius 3 is 1.92 bits per heavy atom. The minimum absolute atomic E-state index is 0.374. The summed E-state index contributed by atoms with van der Waals surface area (Å²) in [4.78, 5) is 19.3. The van der Waals surface area contributed by atoms with E-state index in [1.165, 1.54) is 0 Å². The van der Waals surface area contributed by atoms with E-state index in [1.807, 2.05) is 0 Å². The molecule has 1 rings (SSSR count). The second kappa shape index (κ2) is 3.18. The Morgan fingerprint density at radius 1 is 1.23 bits per heavy atom. The predicted molar refractivity (Wildman–Crippen MR) is 44.5 cm³/mol. The van der Waals surface area contributed by atoms with Crippen LogP contribution in [-0.4, -0.2) is 9.85 Å². The molecule has 6 nitrogen and oxygen atoms in total. The SMILES string of the molecule is [2H]c1c([2H])c([N+](=O)[O-])c(C)c([N+](=O)[O-])c1[2H]. The minimum atomic E-state index is -0.956. The molecule has 0 heterocycles. The van der Waals surface area contributed by atoms with Crippen LogP contribution in [0.3, 0.4) is 0 Å². The molecule has 0 radical (unpaired) electrons. The zero-order valence-electron chi connectivity index (χ0n) is 9.53. The lowest BCUT2D eigenvalue weighted by atomic mass is 10.1. The van der Waals surface area contributed by atoms with Gasteiger partial charge in [-0.15, -0.1) is 0 Å². The maximum absolute atomic E-state index is 10.6. The fraction of sp³-hybridized carbons (Fsp3) is 0.143. The molecule has 13 heavy (non-hydrogen) atoms. The summed E-state index contributed by atoms with van der Waals surface area (Å²) >= 11 is 0. The molecule has 0 saturated carbocycles. The monoisotopic (exact) mass is 185 g/mol. The Morgan fingerprint density at radius 2 is 1.62 bits per heavy atom. The van der Waals surface area contributed by atoms with Crippen molar-refractivity contribution < 1.29 is 14.0 Å². The van der Waals surface area contributed by atoms with Gasteiger partial charge in [0.1, 0.15) is 5.56 Å². The van der Waals surface area contributed by atoms with Crippen LogP contribution in [0.5, 0.6) is 0 Å². The Balaban J connectivity index is 3.80. The molecule has 0 N–H and O–H groups in total. The van der Waals surface area contributed by atoms with Crippen LogP contribution < -0.4 is 0 Å². The van der Waals surface area contributed by atoms with Crippen molar-refractivity contribution in [2.24, 2.45) is 0 Å². The van der Waals surface area contributed by atoms with E-state index in [2.05, 4.69) is 0 Å². The highest BCUT2D eigenvalue weighted by Gasteiger charge is 2.19. The maximum Gasteiger partial charge on any atom is 0.279 e. The summed E-state index contributed by atoms with van der Waals surface area (Å²) in [5.74, 6) is 0. The maximum atomic E-state index is 10.6. The van der Waals surface area contributed by atoms with Gasteiger partial charge in [-0.3, -0.25) is 20.2 Å². The van der Waals surface area contributed by atoms with E-state index in [0.29, 0.717) is 0 Å². The first kappa shape index (κ1) is 5.63. The number of nitrogens with zero attached hydrogens (tertiary/aromatic N) is 2. The van der Waals surface area contributed by atoms with Gasteiger partial charge >= 0.3 is 0 Å². The quantitative estimate of drug-likeness (QED) is 0.519. The van der Waals surface area contributed by atoms with Crippen LogP contribution in [0.4, 0.5) is 11.4 Å². The van der Waals surface area contributed by atoms with Gasteiger partial charge in [-0.2, -0.15) is 0 Å². The third-order valence-corrected chi connectivity index (χ3v) is 1.44. The molecule has 1 aromatic carbocycles. The first-order chi connectivity index (χ1) is 7.29. The van der Waals surface area contributed by atoms with Crippen LogP contribution in [0.25, 0.3) is 0 Å². The Hall–Kier alpha value is -1.98. The van der Waals surface area contributed by atoms with Gasteiger partial charge in [-0.05, 0) is 13.0 Å². The Labute approximate surface area is 77.3 Å². The summed E-state index contributed by atoms with van der Waals surface area (Å²) in [5.41, 5.74) is -1.97. The average Bonchev–Trinajstić information content (AvgIpc) is 2.13. The first-order valence-corrected chi connectivity index (χ1v) is 3.18. The zero-order valence-corrected chi connectivity index (χ0v) is 6.53. The number of hydrogen-bond acceptors (Lipinski definition) is 4. The normalized spacial score (nSPS) is 12.8. The van der Waals surface area contributed by atoms with E-state index in [1.54, 1.807) is 0 Å². The van der Waals surface area contributed by atoms with Gasteiger partial charge in [0.05, 0.1) is 14.0 Å². The van der Waals surface area contributed by atoms with E-state index in [9.17, 15) is 20.2 Å². The summed E-state index contributed by atoms with van der Waals surface area (Å²) in [5, 5.41) is 21.2. The second-order valence-corrected chi connectivity index (χ2v) is 2.21. The Kier molecular flexibility index (Phi) is 1.38. The van der Waals surface area contributed by atoms with E-state index < -0.39 is 39.3 Å². The molecule has 1 aromatic rings. The van der Waals surface area contributed by atoms with Crippen molar-refractivity contribution in [1.82, 2.24) is 0 Å². The highest BCUT2D eigenvalue weighted by Crippen LogP contribution is 2.26. The van der Waals surface area contributed by atoms with Crippen molar-refractivity contribution in [3.8, 4) is 0 Å². The third-order valence-electron chi connectivity index (χ3n) is 1.44. The molecule has 68 valence electrons. The number of hydrogen-bond donors (Lipinski definition) is 0. The molecule has 0 saturated heterocycles. The molecule has 0 unspecified atom stereocenters. The molecular weight excluding hydrogens is 176 g/mol. The average molecular weight is 185 g/mol. The van der Waals surface area contributed by atoms with Gasteiger partial charge in [0.15, 0.2) is 0 Å². The first-order valence-electron chi connectivity index (χ1n) is 4.68. The molecule has 0 aliphatic rings. The molecule has 0 aliphatic carbocycles. The van der Waals surface area contributed by atoms with Crippen LogP contribution in [0.2, 0.25) is 0 Å². The molecule has 0 amide bonds. The van der Waals surface area contributed by atoms with Crippen molar-refractivity contribution in [1.29, 1.82) is 0 Å². The lowest BCUT2D eigenvalue weighted by Gasteiger charge is -1.96. The molecule has 6 heteroatoms. The lowest BCUT2D eigenvalue weighted by Crippen LogP contribution is -1.96. The number of nitro groups is 2. The summed E-state index contributed by atoms with van der Waals surface area (Å²) in [6.07, 6.45) is 0. The highest BCUT2D eigenvalue weighted by atomic mass is 16.6. The van der Waals surface area contributed by atoms with Crippen molar-refractivity contribution >= 4 is 11.4 Å². The number of nitro benzene ring substituents is 2. The highest BCUT2D eigenvalue weighted by molar-refractivity contribution is 5.52. The number of benzene rings is 1. The van der Waals surface area contributed by atoms with Gasteiger partial charge in [0.2, 0.25) is 0 Å². The van der Waals surface area contributed by atoms with E-state index in [4.69, 9.17) is 4.11 Å². The Bertz CT molecular complexity index is 462. The largest absolute Gasteiger partial charge is 0.279 e. The molecular formula is C7H6N2O4. The molecule has 0 spiro atoms. The second-order valence-electron chi connectivity index (χ2n) is 2.21. The van der Waals surface area contributed by atoms with E-state index >= 15 is 0 Å². The van der Waals surface area contributed by atoms with Crippen molar-refractivity contribution in [2.75, 3.05) is 0 Å². The smallest absolute Gasteiger partial charge is 0.258 e. The van der Waals surface area contributed by atoms with Crippen molar-refractivity contribution in [2.45, 2.75) is 6.92 Å². The van der Waals surface area contributed by atoms with Crippen molar-refractivity contribution in [3.05, 3.63) is 43.9 Å².